The number of hydrogen-bond donors (Lipinski definition) is 2. The van der Waals surface area contributed by atoms with E-state index in [4.69, 9.17) is 28.6 Å². The summed E-state index contributed by atoms with van der Waals surface area (Å²) < 4.78 is 8.19. The number of thiocarbonyl (C=S) groups is 1. The summed E-state index contributed by atoms with van der Waals surface area (Å²) in [7, 11) is 0. The molecule has 36 heavy (non-hydrogen) atoms. The van der Waals surface area contributed by atoms with Crippen molar-refractivity contribution in [2.24, 2.45) is 5.92 Å². The van der Waals surface area contributed by atoms with E-state index in [9.17, 15) is 4.79 Å². The first-order chi connectivity index (χ1) is 17.4. The maximum absolute atomic E-state index is 12.2. The van der Waals surface area contributed by atoms with Gasteiger partial charge in [0.25, 0.3) is 0 Å². The van der Waals surface area contributed by atoms with Gasteiger partial charge in [0, 0.05) is 42.8 Å². The molecule has 2 N–H and O–H groups in total. The lowest BCUT2D eigenvalue weighted by atomic mass is 10.0. The molecule has 0 unspecified atom stereocenters. The molecule has 2 fully saturated rings. The first-order valence-corrected chi connectivity index (χ1v) is 13.1. The predicted octanol–water partition coefficient (Wildman–Crippen LogP) is 5.49. The van der Waals surface area contributed by atoms with Crippen molar-refractivity contribution in [2.75, 3.05) is 16.8 Å². The van der Waals surface area contributed by atoms with Gasteiger partial charge in [-0.05, 0) is 67.5 Å². The Kier molecular flexibility index (Phi) is 7.27. The second-order valence-corrected chi connectivity index (χ2v) is 10.3. The van der Waals surface area contributed by atoms with Crippen molar-refractivity contribution in [1.82, 2.24) is 14.9 Å². The van der Waals surface area contributed by atoms with E-state index in [2.05, 4.69) is 43.4 Å². The van der Waals surface area contributed by atoms with E-state index >= 15 is 0 Å². The lowest BCUT2D eigenvalue weighted by Gasteiger charge is -2.29. The number of amides is 1. The standard InChI is InChI=1S/C27H30ClN5O2S/c1-17(2)26(34)30-21-11-10-18(15-20(21)28)33-25(24(31-27(33)36)22-8-3-4-12-29-22)23-9-5-13-32(23)16-19-7-6-14-35-19/h3-5,8-13,15,17,19,24-25H,6-7,14,16H2,1-2H3,(H,30,34)(H,31,36)/t19-,24-,25-/m1/s1. The Morgan fingerprint density at radius 1 is 1.28 bits per heavy atom. The minimum Gasteiger partial charge on any atom is -0.376 e. The molecule has 3 atom stereocenters. The van der Waals surface area contributed by atoms with E-state index in [1.807, 2.05) is 50.2 Å². The molecule has 0 bridgehead atoms. The number of benzene rings is 1. The van der Waals surface area contributed by atoms with E-state index in [0.29, 0.717) is 15.8 Å². The Labute approximate surface area is 221 Å². The summed E-state index contributed by atoms with van der Waals surface area (Å²) in [5.41, 5.74) is 3.44. The van der Waals surface area contributed by atoms with Gasteiger partial charge in [0.2, 0.25) is 5.91 Å². The van der Waals surface area contributed by atoms with E-state index in [1.54, 1.807) is 6.20 Å². The highest BCUT2D eigenvalue weighted by Gasteiger charge is 2.42. The third-order valence-corrected chi connectivity index (χ3v) is 7.33. The third kappa shape index (κ3) is 4.98. The summed E-state index contributed by atoms with van der Waals surface area (Å²) >= 11 is 12.5. The largest absolute Gasteiger partial charge is 0.376 e. The van der Waals surface area contributed by atoms with E-state index in [-0.39, 0.29) is 30.0 Å². The van der Waals surface area contributed by atoms with Crippen LogP contribution >= 0.6 is 23.8 Å². The number of rotatable bonds is 7. The van der Waals surface area contributed by atoms with Gasteiger partial charge in [-0.15, -0.1) is 0 Å². The van der Waals surface area contributed by atoms with Crippen LogP contribution in [0.4, 0.5) is 11.4 Å². The number of hydrogen-bond acceptors (Lipinski definition) is 4. The molecule has 3 aromatic rings. The number of nitrogens with one attached hydrogen (secondary N) is 2. The molecule has 5 rings (SSSR count). The Bertz CT molecular complexity index is 1240. The van der Waals surface area contributed by atoms with Crippen molar-refractivity contribution < 1.29 is 9.53 Å². The number of nitrogens with zero attached hydrogens (tertiary/aromatic N) is 3. The van der Waals surface area contributed by atoms with Crippen molar-refractivity contribution in [3.05, 3.63) is 77.3 Å². The number of ether oxygens (including phenoxy) is 1. The van der Waals surface area contributed by atoms with E-state index in [1.165, 1.54) is 0 Å². The fourth-order valence-corrected chi connectivity index (χ4v) is 5.40. The van der Waals surface area contributed by atoms with Gasteiger partial charge in [0.05, 0.1) is 28.5 Å². The van der Waals surface area contributed by atoms with Crippen molar-refractivity contribution in [2.45, 2.75) is 51.4 Å². The molecule has 188 valence electrons. The number of halogens is 1. The summed E-state index contributed by atoms with van der Waals surface area (Å²) in [6.07, 6.45) is 6.26. The van der Waals surface area contributed by atoms with E-state index < -0.39 is 0 Å². The fourth-order valence-electron chi connectivity index (χ4n) is 4.84. The number of aromatic nitrogens is 2. The molecule has 0 saturated carbocycles. The second-order valence-electron chi connectivity index (χ2n) is 9.53. The maximum Gasteiger partial charge on any atom is 0.226 e. The highest BCUT2D eigenvalue weighted by atomic mass is 35.5. The third-order valence-electron chi connectivity index (χ3n) is 6.70. The van der Waals surface area contributed by atoms with Gasteiger partial charge in [-0.3, -0.25) is 9.78 Å². The molecule has 1 aromatic carbocycles. The van der Waals surface area contributed by atoms with Gasteiger partial charge in [0.1, 0.15) is 6.04 Å². The summed E-state index contributed by atoms with van der Waals surface area (Å²) in [6, 6.07) is 15.4. The van der Waals surface area contributed by atoms with Crippen LogP contribution in [0.25, 0.3) is 0 Å². The quantitative estimate of drug-likeness (QED) is 0.399. The SMILES string of the molecule is CC(C)C(=O)Nc1ccc(N2C(=S)N[C@H](c3ccccn3)[C@H]2c2cccn2C[C@H]2CCCO2)cc1Cl. The zero-order valence-electron chi connectivity index (χ0n) is 20.4. The van der Waals surface area contributed by atoms with Crippen LogP contribution in [0, 0.1) is 5.92 Å². The lowest BCUT2D eigenvalue weighted by Crippen LogP contribution is -2.31. The first kappa shape index (κ1) is 24.7. The van der Waals surface area contributed by atoms with E-state index in [0.717, 1.165) is 43.1 Å². The Hall–Kier alpha value is -2.94. The number of carbonyl (C=O) groups excluding carboxylic acids is 1. The molecule has 2 aromatic heterocycles. The monoisotopic (exact) mass is 523 g/mol. The summed E-state index contributed by atoms with van der Waals surface area (Å²) in [6.45, 7) is 5.30. The van der Waals surface area contributed by atoms with Crippen LogP contribution in [-0.2, 0) is 16.1 Å². The first-order valence-electron chi connectivity index (χ1n) is 12.3. The smallest absolute Gasteiger partial charge is 0.226 e. The number of anilines is 2. The molecule has 0 spiro atoms. The van der Waals surface area contributed by atoms with Gasteiger partial charge in [-0.2, -0.15) is 0 Å². The predicted molar refractivity (Wildman–Crippen MR) is 146 cm³/mol. The van der Waals surface area contributed by atoms with Gasteiger partial charge < -0.3 is 24.8 Å². The highest BCUT2D eigenvalue weighted by molar-refractivity contribution is 7.80. The van der Waals surface area contributed by atoms with Gasteiger partial charge >= 0.3 is 0 Å². The van der Waals surface area contributed by atoms with Crippen LogP contribution in [0.1, 0.15) is 50.2 Å². The minimum atomic E-state index is -0.157. The molecular weight excluding hydrogens is 494 g/mol. The molecule has 9 heteroatoms. The van der Waals surface area contributed by atoms with Crippen molar-refractivity contribution >= 4 is 46.2 Å². The van der Waals surface area contributed by atoms with Crippen LogP contribution in [0.3, 0.4) is 0 Å². The normalized spacial score (nSPS) is 21.7. The Morgan fingerprint density at radius 2 is 2.14 bits per heavy atom. The molecule has 4 heterocycles. The van der Waals surface area contributed by atoms with Crippen molar-refractivity contribution in [3.8, 4) is 0 Å². The van der Waals surface area contributed by atoms with Crippen LogP contribution in [0.5, 0.6) is 0 Å². The van der Waals surface area contributed by atoms with Crippen LogP contribution in [0.2, 0.25) is 5.02 Å². The molecule has 2 aliphatic heterocycles. The van der Waals surface area contributed by atoms with Crippen molar-refractivity contribution in [3.63, 3.8) is 0 Å². The highest BCUT2D eigenvalue weighted by Crippen LogP contribution is 2.43. The van der Waals surface area contributed by atoms with Crippen LogP contribution < -0.4 is 15.5 Å². The molecular formula is C27H30ClN5O2S. The summed E-state index contributed by atoms with van der Waals surface area (Å²) in [5, 5.41) is 7.44. The number of pyridine rings is 1. The van der Waals surface area contributed by atoms with Gasteiger partial charge in [0.15, 0.2) is 5.11 Å². The van der Waals surface area contributed by atoms with Crippen molar-refractivity contribution in [1.29, 1.82) is 0 Å². The zero-order chi connectivity index (χ0) is 25.2. The minimum absolute atomic E-state index is 0.0805. The van der Waals surface area contributed by atoms with Gasteiger partial charge in [-0.25, -0.2) is 0 Å². The van der Waals surface area contributed by atoms with Crippen LogP contribution in [-0.4, -0.2) is 33.3 Å². The molecule has 0 radical (unpaired) electrons. The molecule has 1 amide bonds. The molecule has 2 saturated heterocycles. The summed E-state index contributed by atoms with van der Waals surface area (Å²) in [5.74, 6) is -0.223. The molecule has 2 aliphatic rings. The Balaban J connectivity index is 1.53. The average Bonchev–Trinajstić information content (AvgIpc) is 3.61. The topological polar surface area (TPSA) is 71.4 Å². The molecule has 7 nitrogen and oxygen atoms in total. The van der Waals surface area contributed by atoms with Crippen LogP contribution in [0.15, 0.2) is 60.9 Å². The zero-order valence-corrected chi connectivity index (χ0v) is 21.9. The molecule has 0 aliphatic carbocycles. The maximum atomic E-state index is 12.2. The van der Waals surface area contributed by atoms with Gasteiger partial charge in [-0.1, -0.05) is 31.5 Å². The second kappa shape index (κ2) is 10.6. The Morgan fingerprint density at radius 3 is 2.83 bits per heavy atom. The summed E-state index contributed by atoms with van der Waals surface area (Å²) in [4.78, 5) is 18.9. The fraction of sp³-hybridized carbons (Fsp3) is 0.370. The number of carbonyl (C=O) groups is 1. The lowest BCUT2D eigenvalue weighted by molar-refractivity contribution is -0.118. The average molecular weight is 524 g/mol.